The van der Waals surface area contributed by atoms with E-state index in [1.54, 1.807) is 0 Å². The second kappa shape index (κ2) is 4.37. The molecule has 0 bridgehead atoms. The van der Waals surface area contributed by atoms with Crippen LogP contribution in [0, 0.1) is 0 Å². The first-order chi connectivity index (χ1) is 6.79. The summed E-state index contributed by atoms with van der Waals surface area (Å²) in [5.41, 5.74) is -0.514. The lowest BCUT2D eigenvalue weighted by atomic mass is 10.0. The molecule has 2 atom stereocenters. The van der Waals surface area contributed by atoms with Crippen LogP contribution in [0.15, 0.2) is 0 Å². The number of rotatable bonds is 0. The fourth-order valence-corrected chi connectivity index (χ4v) is 1.64. The number of hydrogen-bond donors (Lipinski definition) is 0. The Labute approximate surface area is 90.6 Å². The molecule has 1 aliphatic heterocycles. The molecule has 0 radical (unpaired) electrons. The average Bonchev–Trinajstić information content (AvgIpc) is 2.06. The van der Waals surface area contributed by atoms with Crippen molar-refractivity contribution < 1.29 is 13.9 Å². The first kappa shape index (κ1) is 12.3. The molecule has 1 amide bonds. The molecule has 0 aromatic carbocycles. The molecule has 0 aliphatic carbocycles. The van der Waals surface area contributed by atoms with Gasteiger partial charge in [-0.15, -0.1) is 0 Å². The summed E-state index contributed by atoms with van der Waals surface area (Å²) in [6.45, 7) is 7.53. The number of nitrogens with zero attached hydrogens (tertiary/aromatic N) is 1. The standard InChI is InChI=1S/C11H20FNO2/c1-8-5-6-9(12)7-13(8)10(14)15-11(2,3)4/h8-9H,5-7H2,1-4H3/t8-,9-/m1/s1. The Morgan fingerprint density at radius 3 is 2.53 bits per heavy atom. The third kappa shape index (κ3) is 3.68. The second-order valence-corrected chi connectivity index (χ2v) is 5.16. The summed E-state index contributed by atoms with van der Waals surface area (Å²) in [6, 6.07) is 0.0758. The predicted octanol–water partition coefficient (Wildman–Crippen LogP) is 2.74. The molecule has 1 rings (SSSR count). The van der Waals surface area contributed by atoms with Crippen LogP contribution in [0.25, 0.3) is 0 Å². The summed E-state index contributed by atoms with van der Waals surface area (Å²) in [4.78, 5) is 13.2. The van der Waals surface area contributed by atoms with Crippen molar-refractivity contribution in [1.29, 1.82) is 0 Å². The molecule has 1 heterocycles. The molecule has 4 heteroatoms. The Morgan fingerprint density at radius 2 is 2.00 bits per heavy atom. The maximum atomic E-state index is 13.2. The van der Waals surface area contributed by atoms with E-state index in [1.807, 2.05) is 27.7 Å². The maximum absolute atomic E-state index is 13.2. The van der Waals surface area contributed by atoms with E-state index in [-0.39, 0.29) is 12.6 Å². The fourth-order valence-electron chi connectivity index (χ4n) is 1.64. The summed E-state index contributed by atoms with van der Waals surface area (Å²) < 4.78 is 18.4. The molecule has 15 heavy (non-hydrogen) atoms. The highest BCUT2D eigenvalue weighted by molar-refractivity contribution is 5.68. The van der Waals surface area contributed by atoms with Gasteiger partial charge in [0.1, 0.15) is 11.8 Å². The van der Waals surface area contributed by atoms with Crippen LogP contribution >= 0.6 is 0 Å². The number of halogens is 1. The Balaban J connectivity index is 2.57. The van der Waals surface area contributed by atoms with Crippen molar-refractivity contribution in [3.63, 3.8) is 0 Å². The third-order valence-electron chi connectivity index (χ3n) is 2.45. The van der Waals surface area contributed by atoms with Crippen LogP contribution in [0.4, 0.5) is 9.18 Å². The molecule has 1 aliphatic rings. The third-order valence-corrected chi connectivity index (χ3v) is 2.45. The lowest BCUT2D eigenvalue weighted by Gasteiger charge is -2.36. The quantitative estimate of drug-likeness (QED) is 0.624. The van der Waals surface area contributed by atoms with Crippen molar-refractivity contribution >= 4 is 6.09 Å². The summed E-state index contributed by atoms with van der Waals surface area (Å²) in [5.74, 6) is 0. The number of amides is 1. The van der Waals surface area contributed by atoms with Crippen LogP contribution in [0.5, 0.6) is 0 Å². The van der Waals surface area contributed by atoms with Crippen LogP contribution in [0.1, 0.15) is 40.5 Å². The smallest absolute Gasteiger partial charge is 0.410 e. The van der Waals surface area contributed by atoms with E-state index in [0.29, 0.717) is 12.8 Å². The van der Waals surface area contributed by atoms with Gasteiger partial charge in [0.15, 0.2) is 0 Å². The van der Waals surface area contributed by atoms with Gasteiger partial charge in [-0.25, -0.2) is 9.18 Å². The minimum Gasteiger partial charge on any atom is -0.444 e. The largest absolute Gasteiger partial charge is 0.444 e. The monoisotopic (exact) mass is 217 g/mol. The fraction of sp³-hybridized carbons (Fsp3) is 0.909. The molecule has 3 nitrogen and oxygen atoms in total. The average molecular weight is 217 g/mol. The van der Waals surface area contributed by atoms with Crippen LogP contribution in [-0.4, -0.2) is 35.4 Å². The Kier molecular flexibility index (Phi) is 3.58. The van der Waals surface area contributed by atoms with E-state index in [4.69, 9.17) is 4.74 Å². The molecule has 0 N–H and O–H groups in total. The molecule has 0 aromatic heterocycles. The van der Waals surface area contributed by atoms with Crippen molar-refractivity contribution in [2.75, 3.05) is 6.54 Å². The van der Waals surface area contributed by atoms with E-state index in [2.05, 4.69) is 0 Å². The minimum atomic E-state index is -0.909. The Hall–Kier alpha value is -0.800. The molecular weight excluding hydrogens is 197 g/mol. The van der Waals surface area contributed by atoms with E-state index >= 15 is 0 Å². The van der Waals surface area contributed by atoms with Gasteiger partial charge in [0, 0.05) is 6.04 Å². The number of ether oxygens (including phenoxy) is 1. The zero-order chi connectivity index (χ0) is 11.6. The van der Waals surface area contributed by atoms with Crippen LogP contribution < -0.4 is 0 Å². The molecule has 0 aromatic rings. The highest BCUT2D eigenvalue weighted by atomic mass is 19.1. The van der Waals surface area contributed by atoms with Crippen LogP contribution in [0.2, 0.25) is 0 Å². The number of hydrogen-bond acceptors (Lipinski definition) is 2. The van der Waals surface area contributed by atoms with E-state index < -0.39 is 17.9 Å². The van der Waals surface area contributed by atoms with E-state index in [1.165, 1.54) is 4.90 Å². The van der Waals surface area contributed by atoms with Crippen molar-refractivity contribution in [1.82, 2.24) is 4.90 Å². The van der Waals surface area contributed by atoms with Crippen LogP contribution in [-0.2, 0) is 4.74 Å². The summed E-state index contributed by atoms with van der Waals surface area (Å²) >= 11 is 0. The van der Waals surface area contributed by atoms with Gasteiger partial charge in [0.05, 0.1) is 6.54 Å². The summed E-state index contributed by atoms with van der Waals surface area (Å²) in [5, 5.41) is 0. The minimum absolute atomic E-state index is 0.0758. The predicted molar refractivity (Wildman–Crippen MR) is 56.5 cm³/mol. The molecule has 88 valence electrons. The first-order valence-corrected chi connectivity index (χ1v) is 5.43. The normalized spacial score (nSPS) is 27.7. The SMILES string of the molecule is C[C@@H]1CC[C@@H](F)CN1C(=O)OC(C)(C)C. The molecule has 0 spiro atoms. The molecule has 0 unspecified atom stereocenters. The number of piperidine rings is 1. The van der Waals surface area contributed by atoms with Gasteiger partial charge in [-0.2, -0.15) is 0 Å². The Bertz CT molecular complexity index is 237. The van der Waals surface area contributed by atoms with Gasteiger partial charge < -0.3 is 9.64 Å². The number of likely N-dealkylation sites (tertiary alicyclic amines) is 1. The van der Waals surface area contributed by atoms with Crippen molar-refractivity contribution in [3.8, 4) is 0 Å². The van der Waals surface area contributed by atoms with E-state index in [0.717, 1.165) is 0 Å². The molecular formula is C11H20FNO2. The zero-order valence-corrected chi connectivity index (χ0v) is 9.92. The van der Waals surface area contributed by atoms with Crippen molar-refractivity contribution in [2.45, 2.75) is 58.4 Å². The first-order valence-electron chi connectivity index (χ1n) is 5.43. The second-order valence-electron chi connectivity index (χ2n) is 5.16. The number of carbonyl (C=O) groups excluding carboxylic acids is 1. The molecule has 0 saturated carbocycles. The zero-order valence-electron chi connectivity index (χ0n) is 9.92. The number of carbonyl (C=O) groups is 1. The lowest BCUT2D eigenvalue weighted by Crippen LogP contribution is -2.48. The Morgan fingerprint density at radius 1 is 1.40 bits per heavy atom. The summed E-state index contributed by atoms with van der Waals surface area (Å²) in [6.07, 6.45) is -0.0630. The van der Waals surface area contributed by atoms with Gasteiger partial charge in [-0.05, 0) is 40.5 Å². The number of alkyl halides is 1. The molecule has 1 fully saturated rings. The van der Waals surface area contributed by atoms with E-state index in [9.17, 15) is 9.18 Å². The highest BCUT2D eigenvalue weighted by Crippen LogP contribution is 2.21. The van der Waals surface area contributed by atoms with Gasteiger partial charge in [-0.1, -0.05) is 0 Å². The molecule has 1 saturated heterocycles. The highest BCUT2D eigenvalue weighted by Gasteiger charge is 2.31. The summed E-state index contributed by atoms with van der Waals surface area (Å²) in [7, 11) is 0. The van der Waals surface area contributed by atoms with Gasteiger partial charge in [0.2, 0.25) is 0 Å². The van der Waals surface area contributed by atoms with Crippen molar-refractivity contribution in [2.24, 2.45) is 0 Å². The van der Waals surface area contributed by atoms with Gasteiger partial charge in [0.25, 0.3) is 0 Å². The van der Waals surface area contributed by atoms with Gasteiger partial charge >= 0.3 is 6.09 Å². The van der Waals surface area contributed by atoms with Gasteiger partial charge in [-0.3, -0.25) is 0 Å². The van der Waals surface area contributed by atoms with Crippen molar-refractivity contribution in [3.05, 3.63) is 0 Å². The maximum Gasteiger partial charge on any atom is 0.410 e. The lowest BCUT2D eigenvalue weighted by molar-refractivity contribution is 0.00204. The topological polar surface area (TPSA) is 29.5 Å². The van der Waals surface area contributed by atoms with Crippen LogP contribution in [0.3, 0.4) is 0 Å².